The van der Waals surface area contributed by atoms with Crippen LogP contribution < -0.4 is 5.73 Å². The summed E-state index contributed by atoms with van der Waals surface area (Å²) in [6.07, 6.45) is 4.10. The van der Waals surface area contributed by atoms with E-state index in [1.165, 1.54) is 11.3 Å². The molecule has 0 radical (unpaired) electrons. The molecule has 1 aliphatic heterocycles. The number of nitriles is 1. The minimum Gasteiger partial charge on any atom is -0.389 e. The Labute approximate surface area is 136 Å². The lowest BCUT2D eigenvalue weighted by Gasteiger charge is -2.26. The minimum absolute atomic E-state index is 0.0557. The van der Waals surface area contributed by atoms with Gasteiger partial charge in [-0.3, -0.25) is 9.20 Å². The second-order valence-electron chi connectivity index (χ2n) is 5.40. The first-order valence-corrected chi connectivity index (χ1v) is 8.02. The Morgan fingerprint density at radius 2 is 2.30 bits per heavy atom. The monoisotopic (exact) mass is 323 g/mol. The molecule has 0 unspecified atom stereocenters. The van der Waals surface area contributed by atoms with Gasteiger partial charge in [-0.25, -0.2) is 4.98 Å². The summed E-state index contributed by atoms with van der Waals surface area (Å²) in [7, 11) is 0. The number of aromatic nitrogens is 2. The lowest BCUT2D eigenvalue weighted by Crippen LogP contribution is -2.36. The van der Waals surface area contributed by atoms with Crippen LogP contribution in [0.15, 0.2) is 30.6 Å². The first-order valence-electron chi connectivity index (χ1n) is 7.20. The summed E-state index contributed by atoms with van der Waals surface area (Å²) in [6.45, 7) is 1.07. The maximum atomic E-state index is 12.8. The Kier molecular flexibility index (Phi) is 3.06. The molecule has 0 aliphatic carbocycles. The molecule has 0 aromatic carbocycles. The first kappa shape index (κ1) is 13.8. The van der Waals surface area contributed by atoms with Gasteiger partial charge in [0.05, 0.1) is 18.3 Å². The fourth-order valence-electron chi connectivity index (χ4n) is 2.97. The highest BCUT2D eigenvalue weighted by Gasteiger charge is 2.28. The van der Waals surface area contributed by atoms with Gasteiger partial charge in [-0.1, -0.05) is 6.07 Å². The Hall–Kier alpha value is -2.85. The second kappa shape index (κ2) is 5.11. The molecule has 0 spiro atoms. The fourth-order valence-corrected chi connectivity index (χ4v) is 4.06. The molecule has 0 saturated heterocycles. The molecule has 0 bridgehead atoms. The summed E-state index contributed by atoms with van der Waals surface area (Å²) in [4.78, 5) is 19.9. The average molecular weight is 323 g/mol. The fraction of sp³-hybridized carbons (Fsp3) is 0.188. The highest BCUT2D eigenvalue weighted by molar-refractivity contribution is 7.16. The van der Waals surface area contributed by atoms with Crippen molar-refractivity contribution in [2.45, 2.75) is 13.0 Å². The van der Waals surface area contributed by atoms with Crippen molar-refractivity contribution in [2.75, 3.05) is 12.3 Å². The van der Waals surface area contributed by atoms with E-state index in [-0.39, 0.29) is 5.91 Å². The summed E-state index contributed by atoms with van der Waals surface area (Å²) >= 11 is 1.40. The van der Waals surface area contributed by atoms with E-state index in [9.17, 15) is 10.1 Å². The van der Waals surface area contributed by atoms with E-state index in [1.807, 2.05) is 24.4 Å². The number of carbonyl (C=O) groups is 1. The number of fused-ring (bicyclic) bond motifs is 2. The van der Waals surface area contributed by atoms with Crippen LogP contribution in [-0.4, -0.2) is 26.7 Å². The van der Waals surface area contributed by atoms with E-state index in [0.717, 1.165) is 16.1 Å². The second-order valence-corrected chi connectivity index (χ2v) is 6.54. The van der Waals surface area contributed by atoms with E-state index in [4.69, 9.17) is 5.73 Å². The third kappa shape index (κ3) is 2.07. The lowest BCUT2D eigenvalue weighted by atomic mass is 10.0. The number of nitrogens with two attached hydrogens (primary N) is 1. The number of imidazole rings is 1. The molecule has 114 valence electrons. The Morgan fingerprint density at radius 1 is 1.43 bits per heavy atom. The van der Waals surface area contributed by atoms with Crippen LogP contribution in [0.3, 0.4) is 0 Å². The van der Waals surface area contributed by atoms with Crippen molar-refractivity contribution in [3.63, 3.8) is 0 Å². The maximum absolute atomic E-state index is 12.8. The number of hydrogen-bond acceptors (Lipinski definition) is 5. The first-order chi connectivity index (χ1) is 11.2. The lowest BCUT2D eigenvalue weighted by molar-refractivity contribution is 0.0730. The number of anilines is 1. The summed E-state index contributed by atoms with van der Waals surface area (Å²) in [5, 5.41) is 9.73. The van der Waals surface area contributed by atoms with Crippen molar-refractivity contribution < 1.29 is 4.79 Å². The molecule has 3 aromatic rings. The standard InChI is InChI=1S/C16H13N5OS/c17-7-11-10-4-6-20(9-13(10)23-15(11)18)16(22)12-8-19-14-3-1-2-5-21(12)14/h1-3,5,8H,4,6,9,18H2. The van der Waals surface area contributed by atoms with E-state index in [0.29, 0.717) is 35.8 Å². The van der Waals surface area contributed by atoms with E-state index in [2.05, 4.69) is 11.1 Å². The molecule has 4 heterocycles. The zero-order valence-corrected chi connectivity index (χ0v) is 13.0. The molecular weight excluding hydrogens is 310 g/mol. The van der Waals surface area contributed by atoms with Gasteiger partial charge in [0.15, 0.2) is 0 Å². The van der Waals surface area contributed by atoms with E-state index in [1.54, 1.807) is 15.5 Å². The number of nitrogen functional groups attached to an aromatic ring is 1. The van der Waals surface area contributed by atoms with Gasteiger partial charge in [-0.15, -0.1) is 11.3 Å². The van der Waals surface area contributed by atoms with Crippen molar-refractivity contribution in [3.05, 3.63) is 52.3 Å². The molecule has 1 aliphatic rings. The molecule has 6 nitrogen and oxygen atoms in total. The third-order valence-electron chi connectivity index (χ3n) is 4.12. The largest absolute Gasteiger partial charge is 0.389 e. The van der Waals surface area contributed by atoms with Gasteiger partial charge in [0.25, 0.3) is 5.91 Å². The highest BCUT2D eigenvalue weighted by Crippen LogP contribution is 2.34. The topological polar surface area (TPSA) is 87.4 Å². The van der Waals surface area contributed by atoms with Crippen molar-refractivity contribution in [1.82, 2.24) is 14.3 Å². The van der Waals surface area contributed by atoms with Gasteiger partial charge in [0.1, 0.15) is 22.4 Å². The Balaban J connectivity index is 1.67. The van der Waals surface area contributed by atoms with Crippen LogP contribution in [0.1, 0.15) is 26.5 Å². The van der Waals surface area contributed by atoms with Crippen LogP contribution in [0.4, 0.5) is 5.00 Å². The van der Waals surface area contributed by atoms with Crippen LogP contribution in [0, 0.1) is 11.3 Å². The van der Waals surface area contributed by atoms with Crippen molar-refractivity contribution in [3.8, 4) is 6.07 Å². The highest BCUT2D eigenvalue weighted by atomic mass is 32.1. The van der Waals surface area contributed by atoms with Gasteiger partial charge >= 0.3 is 0 Å². The van der Waals surface area contributed by atoms with Gasteiger partial charge in [-0.05, 0) is 24.1 Å². The Bertz CT molecular complexity index is 965. The van der Waals surface area contributed by atoms with Gasteiger partial charge in [0, 0.05) is 17.6 Å². The molecule has 3 aromatic heterocycles. The van der Waals surface area contributed by atoms with Crippen LogP contribution >= 0.6 is 11.3 Å². The van der Waals surface area contributed by atoms with Crippen LogP contribution in [0.2, 0.25) is 0 Å². The number of thiophene rings is 1. The summed E-state index contributed by atoms with van der Waals surface area (Å²) in [6, 6.07) is 7.80. The normalized spacial score (nSPS) is 13.8. The van der Waals surface area contributed by atoms with E-state index >= 15 is 0 Å². The number of carbonyl (C=O) groups excluding carboxylic acids is 1. The predicted octanol–water partition coefficient (Wildman–Crippen LogP) is 2.05. The molecule has 7 heteroatoms. The molecule has 0 saturated carbocycles. The predicted molar refractivity (Wildman–Crippen MR) is 87.1 cm³/mol. The number of hydrogen-bond donors (Lipinski definition) is 1. The zero-order chi connectivity index (χ0) is 16.0. The molecule has 0 fully saturated rings. The van der Waals surface area contributed by atoms with Crippen LogP contribution in [0.25, 0.3) is 5.65 Å². The zero-order valence-electron chi connectivity index (χ0n) is 12.2. The molecule has 4 rings (SSSR count). The van der Waals surface area contributed by atoms with Crippen molar-refractivity contribution in [1.29, 1.82) is 5.26 Å². The van der Waals surface area contributed by atoms with Crippen LogP contribution in [-0.2, 0) is 13.0 Å². The smallest absolute Gasteiger partial charge is 0.272 e. The van der Waals surface area contributed by atoms with Crippen LogP contribution in [0.5, 0.6) is 0 Å². The van der Waals surface area contributed by atoms with Gasteiger partial charge < -0.3 is 10.6 Å². The Morgan fingerprint density at radius 3 is 3.13 bits per heavy atom. The quantitative estimate of drug-likeness (QED) is 0.742. The average Bonchev–Trinajstić information content (AvgIpc) is 3.13. The summed E-state index contributed by atoms with van der Waals surface area (Å²) < 4.78 is 1.79. The number of rotatable bonds is 1. The summed E-state index contributed by atoms with van der Waals surface area (Å²) in [5.74, 6) is -0.0557. The molecule has 23 heavy (non-hydrogen) atoms. The van der Waals surface area contributed by atoms with E-state index < -0.39 is 0 Å². The van der Waals surface area contributed by atoms with Crippen molar-refractivity contribution in [2.24, 2.45) is 0 Å². The SMILES string of the molecule is N#Cc1c(N)sc2c1CCN(C(=O)c1cnc3ccccn13)C2. The maximum Gasteiger partial charge on any atom is 0.272 e. The number of nitrogens with zero attached hydrogens (tertiary/aromatic N) is 4. The molecule has 1 amide bonds. The van der Waals surface area contributed by atoms with Gasteiger partial charge in [-0.2, -0.15) is 5.26 Å². The molecular formula is C16H13N5OS. The number of pyridine rings is 1. The summed E-state index contributed by atoms with van der Waals surface area (Å²) in [5.41, 5.74) is 8.77. The molecule has 2 N–H and O–H groups in total. The van der Waals surface area contributed by atoms with Gasteiger partial charge in [0.2, 0.25) is 0 Å². The number of amides is 1. The third-order valence-corrected chi connectivity index (χ3v) is 5.17. The minimum atomic E-state index is -0.0557. The molecule has 0 atom stereocenters. The van der Waals surface area contributed by atoms with Crippen molar-refractivity contribution >= 4 is 27.9 Å².